The molecule has 1 aromatic carbocycles. The van der Waals surface area contributed by atoms with Crippen LogP contribution in [0.2, 0.25) is 0 Å². The molecule has 0 saturated heterocycles. The third-order valence-corrected chi connectivity index (χ3v) is 5.91. The number of oxazole rings is 1. The first kappa shape index (κ1) is 15.3. The second-order valence-corrected chi connectivity index (χ2v) is 8.06. The van der Waals surface area contributed by atoms with Crippen molar-refractivity contribution in [1.29, 1.82) is 0 Å². The van der Waals surface area contributed by atoms with Gasteiger partial charge in [-0.1, -0.05) is 19.1 Å². The molecule has 0 aliphatic heterocycles. The van der Waals surface area contributed by atoms with Gasteiger partial charge in [-0.15, -0.1) is 0 Å². The maximum atomic E-state index is 13.0. The Bertz CT molecular complexity index is 1180. The number of fused-ring (bicyclic) bond motifs is 1. The number of benzene rings is 1. The van der Waals surface area contributed by atoms with Gasteiger partial charge in [0.1, 0.15) is 5.78 Å². The molecular formula is C25H31N3O2. The topological polar surface area (TPSA) is 68.0 Å². The molecule has 1 aliphatic carbocycles. The van der Waals surface area contributed by atoms with Crippen LogP contribution in [0.1, 0.15) is 64.3 Å². The van der Waals surface area contributed by atoms with Crippen molar-refractivity contribution in [3.05, 3.63) is 48.2 Å². The van der Waals surface area contributed by atoms with Crippen molar-refractivity contribution in [2.45, 2.75) is 71.3 Å². The number of aryl methyl sites for hydroxylation is 1. The second-order valence-electron chi connectivity index (χ2n) is 8.06. The summed E-state index contributed by atoms with van der Waals surface area (Å²) in [5.41, 5.74) is 1.63. The van der Waals surface area contributed by atoms with Crippen LogP contribution in [0.15, 0.2) is 41.1 Å². The molecule has 4 rings (SSSR count). The Morgan fingerprint density at radius 2 is 2.07 bits per heavy atom. The molecule has 3 aromatic rings. The van der Waals surface area contributed by atoms with E-state index in [-0.39, 0.29) is 24.2 Å². The number of carbonyl (C=O) groups is 1. The Kier molecular flexibility index (Phi) is 4.63. The molecule has 1 aliphatic rings. The van der Waals surface area contributed by atoms with Gasteiger partial charge in [-0.2, -0.15) is 0 Å². The highest BCUT2D eigenvalue weighted by atomic mass is 16.4. The normalized spacial score (nSPS) is 23.7. The third kappa shape index (κ3) is 4.78. The molecule has 0 amide bonds. The quantitative estimate of drug-likeness (QED) is 0.576. The van der Waals surface area contributed by atoms with Crippen LogP contribution in [-0.2, 0) is 11.2 Å². The van der Waals surface area contributed by atoms with E-state index in [4.69, 9.17) is 11.3 Å². The van der Waals surface area contributed by atoms with Crippen LogP contribution in [0.25, 0.3) is 22.1 Å². The Labute approximate surface area is 185 Å². The lowest BCUT2D eigenvalue weighted by molar-refractivity contribution is -0.123. The average Bonchev–Trinajstić information content (AvgIpc) is 3.22. The van der Waals surface area contributed by atoms with Crippen molar-refractivity contribution in [2.75, 3.05) is 0 Å². The first-order valence-corrected chi connectivity index (χ1v) is 10.5. The molecule has 5 heteroatoms. The van der Waals surface area contributed by atoms with Gasteiger partial charge in [0.25, 0.3) is 0 Å². The first-order chi connectivity index (χ1) is 16.4. The number of aromatic nitrogens is 2. The highest BCUT2D eigenvalue weighted by molar-refractivity contribution is 5.88. The summed E-state index contributed by atoms with van der Waals surface area (Å²) in [6, 6.07) is 6.53. The smallest absolute Gasteiger partial charge is 0.191 e. The van der Waals surface area contributed by atoms with Crippen molar-refractivity contribution in [2.24, 2.45) is 5.92 Å². The minimum atomic E-state index is -2.43. The zero-order valence-corrected chi connectivity index (χ0v) is 17.4. The van der Waals surface area contributed by atoms with Gasteiger partial charge < -0.3 is 9.73 Å². The second kappa shape index (κ2) is 9.09. The highest BCUT2D eigenvalue weighted by Gasteiger charge is 2.26. The number of hydrogen-bond donors (Lipinski definition) is 1. The number of ketones is 1. The summed E-state index contributed by atoms with van der Waals surface area (Å²) >= 11 is 0. The van der Waals surface area contributed by atoms with Gasteiger partial charge in [0.15, 0.2) is 11.7 Å². The van der Waals surface area contributed by atoms with Gasteiger partial charge in [-0.05, 0) is 56.4 Å². The standard InChI is InChI=1S/C25H31N3O2/c1-4-16(2)28-22-9-7-18(8-10-22)24(29)13-23-12-21-11-19(5-6-20(21)14-27-23)25-15-26-17(3)30-25/h5-6,11-12,14-16,18,22,28H,4,7-10,13H2,1-3H3/i2D3,4D2. The van der Waals surface area contributed by atoms with Crippen molar-refractivity contribution < 1.29 is 16.1 Å². The fourth-order valence-corrected chi connectivity index (χ4v) is 4.16. The van der Waals surface area contributed by atoms with Gasteiger partial charge in [0.05, 0.1) is 6.20 Å². The van der Waals surface area contributed by atoms with E-state index in [0.717, 1.165) is 22.0 Å². The monoisotopic (exact) mass is 410 g/mol. The summed E-state index contributed by atoms with van der Waals surface area (Å²) in [5.74, 6) is 1.34. The van der Waals surface area contributed by atoms with Crippen LogP contribution in [0.5, 0.6) is 0 Å². The Balaban J connectivity index is 1.38. The van der Waals surface area contributed by atoms with E-state index in [2.05, 4.69) is 15.3 Å². The molecule has 0 spiro atoms. The van der Waals surface area contributed by atoms with Crippen molar-refractivity contribution in [1.82, 2.24) is 15.3 Å². The molecule has 1 unspecified atom stereocenters. The zero-order chi connectivity index (χ0) is 25.4. The number of nitrogens with zero attached hydrogens (tertiary/aromatic N) is 2. The first-order valence-electron chi connectivity index (χ1n) is 13.0. The van der Waals surface area contributed by atoms with E-state index in [1.54, 1.807) is 19.3 Å². The van der Waals surface area contributed by atoms with Crippen LogP contribution in [-0.4, -0.2) is 27.8 Å². The molecule has 1 atom stereocenters. The lowest BCUT2D eigenvalue weighted by atomic mass is 9.82. The SMILES string of the molecule is [2H]C([2H])([2H])C(NC1CCC(C(=O)Cc2cc3cc(-c4cnc(C)o4)ccc3cn2)CC1)C([2H])([2H])C. The molecule has 1 saturated carbocycles. The summed E-state index contributed by atoms with van der Waals surface area (Å²) in [7, 11) is 0. The van der Waals surface area contributed by atoms with Crippen LogP contribution in [0.4, 0.5) is 0 Å². The summed E-state index contributed by atoms with van der Waals surface area (Å²) in [6.07, 6.45) is 4.45. The molecule has 158 valence electrons. The molecule has 30 heavy (non-hydrogen) atoms. The lowest BCUT2D eigenvalue weighted by Gasteiger charge is -2.30. The average molecular weight is 411 g/mol. The van der Waals surface area contributed by atoms with Crippen molar-refractivity contribution >= 4 is 16.6 Å². The largest absolute Gasteiger partial charge is 0.441 e. The number of carbonyl (C=O) groups excluding carboxylic acids is 1. The van der Waals surface area contributed by atoms with Crippen molar-refractivity contribution in [3.63, 3.8) is 0 Å². The van der Waals surface area contributed by atoms with E-state index < -0.39 is 19.3 Å². The van der Waals surface area contributed by atoms with Crippen LogP contribution in [0, 0.1) is 12.8 Å². The molecule has 1 N–H and O–H groups in total. The molecule has 1 fully saturated rings. The van der Waals surface area contributed by atoms with E-state index >= 15 is 0 Å². The van der Waals surface area contributed by atoms with Gasteiger partial charge in [0.2, 0.25) is 0 Å². The number of pyridine rings is 1. The Hall–Kier alpha value is -2.53. The van der Waals surface area contributed by atoms with Gasteiger partial charge in [-0.25, -0.2) is 4.98 Å². The summed E-state index contributed by atoms with van der Waals surface area (Å²) < 4.78 is 44.4. The number of Topliss-reactive ketones (excluding diaryl/α,β-unsaturated/α-hetero) is 1. The predicted molar refractivity (Wildman–Crippen MR) is 119 cm³/mol. The Morgan fingerprint density at radius 1 is 1.23 bits per heavy atom. The van der Waals surface area contributed by atoms with Crippen molar-refractivity contribution in [3.8, 4) is 11.3 Å². The van der Waals surface area contributed by atoms with Gasteiger partial charge >= 0.3 is 0 Å². The minimum absolute atomic E-state index is 0.0985. The van der Waals surface area contributed by atoms with Gasteiger partial charge in [-0.3, -0.25) is 9.78 Å². The molecule has 2 aromatic heterocycles. The fourth-order valence-electron chi connectivity index (χ4n) is 4.16. The van der Waals surface area contributed by atoms with Crippen LogP contribution >= 0.6 is 0 Å². The molecular weight excluding hydrogens is 374 g/mol. The predicted octanol–water partition coefficient (Wildman–Crippen LogP) is 5.26. The summed E-state index contributed by atoms with van der Waals surface area (Å²) in [4.78, 5) is 21.6. The third-order valence-electron chi connectivity index (χ3n) is 5.91. The maximum Gasteiger partial charge on any atom is 0.191 e. The van der Waals surface area contributed by atoms with E-state index in [9.17, 15) is 4.79 Å². The summed E-state index contributed by atoms with van der Waals surface area (Å²) in [6.45, 7) is 0.659. The number of hydrogen-bond acceptors (Lipinski definition) is 5. The number of rotatable bonds is 7. The lowest BCUT2D eigenvalue weighted by Crippen LogP contribution is -2.39. The van der Waals surface area contributed by atoms with E-state index in [1.807, 2.05) is 24.3 Å². The highest BCUT2D eigenvalue weighted by Crippen LogP contribution is 2.28. The minimum Gasteiger partial charge on any atom is -0.441 e. The van der Waals surface area contributed by atoms with E-state index in [0.29, 0.717) is 37.3 Å². The van der Waals surface area contributed by atoms with Crippen LogP contribution < -0.4 is 5.32 Å². The molecule has 0 radical (unpaired) electrons. The fraction of sp³-hybridized carbons (Fsp3) is 0.480. The molecule has 0 bridgehead atoms. The van der Waals surface area contributed by atoms with E-state index in [1.165, 1.54) is 6.92 Å². The molecule has 2 heterocycles. The van der Waals surface area contributed by atoms with Crippen LogP contribution in [0.3, 0.4) is 0 Å². The zero-order valence-electron chi connectivity index (χ0n) is 22.4. The maximum absolute atomic E-state index is 13.0. The Morgan fingerprint density at radius 3 is 2.77 bits per heavy atom. The number of nitrogens with one attached hydrogen (secondary N) is 1. The van der Waals surface area contributed by atoms with Gasteiger partial charge in [0, 0.05) is 61.0 Å². The summed E-state index contributed by atoms with van der Waals surface area (Å²) in [5, 5.41) is 4.97. The molecule has 5 nitrogen and oxygen atoms in total.